The molecule has 0 aliphatic heterocycles. The molecule has 20 heavy (non-hydrogen) atoms. The van der Waals surface area contributed by atoms with Gasteiger partial charge in [-0.25, -0.2) is 4.79 Å². The van der Waals surface area contributed by atoms with Crippen LogP contribution in [0.5, 0.6) is 0 Å². The molecule has 2 aromatic rings. The Bertz CT molecular complexity index is 620. The highest BCUT2D eigenvalue weighted by Crippen LogP contribution is 2.36. The third kappa shape index (κ3) is 2.65. The van der Waals surface area contributed by atoms with Gasteiger partial charge in [-0.2, -0.15) is 0 Å². The summed E-state index contributed by atoms with van der Waals surface area (Å²) in [5.74, 6) is -0.143. The van der Waals surface area contributed by atoms with E-state index < -0.39 is 5.97 Å². The highest BCUT2D eigenvalue weighted by Gasteiger charge is 2.32. The normalized spacial score (nSPS) is 14.2. The number of carbonyl (C=O) groups is 1. The number of hydrogen-bond acceptors (Lipinski definition) is 3. The Kier molecular flexibility index (Phi) is 3.40. The van der Waals surface area contributed by atoms with Gasteiger partial charge in [-0.05, 0) is 43.2 Å². The predicted molar refractivity (Wildman–Crippen MR) is 76.3 cm³/mol. The van der Waals surface area contributed by atoms with Crippen LogP contribution in [-0.4, -0.2) is 17.1 Å². The zero-order valence-corrected chi connectivity index (χ0v) is 11.5. The number of nitrogens with zero attached hydrogens (tertiary/aromatic N) is 1. The van der Waals surface area contributed by atoms with E-state index in [2.05, 4.69) is 4.90 Å². The van der Waals surface area contributed by atoms with Crippen molar-refractivity contribution < 1.29 is 14.3 Å². The summed E-state index contributed by atoms with van der Waals surface area (Å²) >= 11 is 5.90. The van der Waals surface area contributed by atoms with Crippen molar-refractivity contribution in [2.45, 2.75) is 25.4 Å². The molecule has 1 saturated carbocycles. The Hall–Kier alpha value is -1.94. The number of furan rings is 1. The van der Waals surface area contributed by atoms with Crippen LogP contribution in [0, 0.1) is 0 Å². The summed E-state index contributed by atoms with van der Waals surface area (Å²) < 4.78 is 5.37. The van der Waals surface area contributed by atoms with Crippen LogP contribution in [0.25, 0.3) is 0 Å². The average Bonchev–Trinajstić information content (AvgIpc) is 3.13. The number of hydrogen-bond donors (Lipinski definition) is 1. The predicted octanol–water partition coefficient (Wildman–Crippen LogP) is 3.80. The lowest BCUT2D eigenvalue weighted by Crippen LogP contribution is -2.26. The van der Waals surface area contributed by atoms with Crippen LogP contribution >= 0.6 is 11.6 Å². The smallest absolute Gasteiger partial charge is 0.337 e. The maximum Gasteiger partial charge on any atom is 0.337 e. The van der Waals surface area contributed by atoms with Crippen LogP contribution in [0.2, 0.25) is 5.02 Å². The van der Waals surface area contributed by atoms with Crippen molar-refractivity contribution in [3.8, 4) is 0 Å². The van der Waals surface area contributed by atoms with Gasteiger partial charge in [0, 0.05) is 11.1 Å². The van der Waals surface area contributed by atoms with E-state index in [0.717, 1.165) is 18.6 Å². The van der Waals surface area contributed by atoms with Gasteiger partial charge in [0.05, 0.1) is 24.1 Å². The highest BCUT2D eigenvalue weighted by molar-refractivity contribution is 6.31. The minimum Gasteiger partial charge on any atom is -0.478 e. The zero-order chi connectivity index (χ0) is 14.1. The Balaban J connectivity index is 1.97. The summed E-state index contributed by atoms with van der Waals surface area (Å²) in [6.45, 7) is 0.569. The fraction of sp³-hybridized carbons (Fsp3) is 0.267. The lowest BCUT2D eigenvalue weighted by atomic mass is 10.1. The van der Waals surface area contributed by atoms with Crippen LogP contribution in [0.15, 0.2) is 41.0 Å². The molecule has 0 amide bonds. The van der Waals surface area contributed by atoms with Gasteiger partial charge in [0.15, 0.2) is 0 Å². The zero-order valence-electron chi connectivity index (χ0n) is 10.8. The van der Waals surface area contributed by atoms with Crippen molar-refractivity contribution in [2.75, 3.05) is 4.90 Å². The molecule has 1 aliphatic rings. The summed E-state index contributed by atoms with van der Waals surface area (Å²) in [5.41, 5.74) is 0.928. The molecular formula is C15H14ClNO3. The van der Waals surface area contributed by atoms with Gasteiger partial charge in [0.1, 0.15) is 5.76 Å². The summed E-state index contributed by atoms with van der Waals surface area (Å²) in [6.07, 6.45) is 3.77. The van der Waals surface area contributed by atoms with Crippen LogP contribution < -0.4 is 4.90 Å². The lowest BCUT2D eigenvalue weighted by Gasteiger charge is -2.25. The summed E-state index contributed by atoms with van der Waals surface area (Å²) in [6, 6.07) is 9.09. The number of carboxylic acids is 1. The molecule has 0 unspecified atom stereocenters. The fourth-order valence-electron chi connectivity index (χ4n) is 2.30. The van der Waals surface area contributed by atoms with Crippen molar-refractivity contribution in [1.82, 2.24) is 0 Å². The standard InChI is InChI=1S/C15H14ClNO3/c16-10-3-6-14(13(8-10)15(18)19)17(11-4-5-11)9-12-2-1-7-20-12/h1-3,6-8,11H,4-5,9H2,(H,18,19). The van der Waals surface area contributed by atoms with E-state index >= 15 is 0 Å². The fourth-order valence-corrected chi connectivity index (χ4v) is 2.47. The Morgan fingerprint density at radius 2 is 2.20 bits per heavy atom. The molecule has 3 rings (SSSR count). The van der Waals surface area contributed by atoms with Gasteiger partial charge in [-0.1, -0.05) is 11.6 Å². The van der Waals surface area contributed by atoms with E-state index in [1.165, 1.54) is 6.07 Å². The molecule has 1 N–H and O–H groups in total. The second-order valence-corrected chi connectivity index (χ2v) is 5.34. The topological polar surface area (TPSA) is 53.7 Å². The molecule has 1 aromatic carbocycles. The monoisotopic (exact) mass is 291 g/mol. The number of benzene rings is 1. The molecule has 1 heterocycles. The number of rotatable bonds is 5. The quantitative estimate of drug-likeness (QED) is 0.910. The third-order valence-corrected chi connectivity index (χ3v) is 3.63. The first kappa shape index (κ1) is 13.1. The van der Waals surface area contributed by atoms with Crippen molar-refractivity contribution in [3.05, 3.63) is 52.9 Å². The van der Waals surface area contributed by atoms with E-state index in [-0.39, 0.29) is 5.56 Å². The van der Waals surface area contributed by atoms with Crippen LogP contribution in [0.3, 0.4) is 0 Å². The number of aromatic carboxylic acids is 1. The van der Waals surface area contributed by atoms with Crippen LogP contribution in [0.4, 0.5) is 5.69 Å². The number of anilines is 1. The first-order valence-corrected chi connectivity index (χ1v) is 6.85. The van der Waals surface area contributed by atoms with Crippen molar-refractivity contribution in [3.63, 3.8) is 0 Å². The van der Waals surface area contributed by atoms with Crippen LogP contribution in [0.1, 0.15) is 29.0 Å². The molecule has 1 aliphatic carbocycles. The van der Waals surface area contributed by atoms with E-state index in [0.29, 0.717) is 23.3 Å². The molecule has 1 fully saturated rings. The van der Waals surface area contributed by atoms with Gasteiger partial charge < -0.3 is 14.4 Å². The minimum absolute atomic E-state index is 0.232. The van der Waals surface area contributed by atoms with E-state index in [9.17, 15) is 9.90 Å². The molecule has 104 valence electrons. The third-order valence-electron chi connectivity index (χ3n) is 3.39. The molecule has 5 heteroatoms. The molecule has 4 nitrogen and oxygen atoms in total. The second kappa shape index (κ2) is 5.21. The SMILES string of the molecule is O=C(O)c1cc(Cl)ccc1N(Cc1ccco1)C1CC1. The maximum atomic E-state index is 11.4. The molecule has 0 spiro atoms. The Morgan fingerprint density at radius 1 is 1.40 bits per heavy atom. The number of halogens is 1. The largest absolute Gasteiger partial charge is 0.478 e. The molecule has 0 radical (unpaired) electrons. The van der Waals surface area contributed by atoms with Gasteiger partial charge >= 0.3 is 5.97 Å². The highest BCUT2D eigenvalue weighted by atomic mass is 35.5. The average molecular weight is 292 g/mol. The van der Waals surface area contributed by atoms with Gasteiger partial charge in [0.25, 0.3) is 0 Å². The lowest BCUT2D eigenvalue weighted by molar-refractivity contribution is 0.0697. The first-order valence-electron chi connectivity index (χ1n) is 6.47. The maximum absolute atomic E-state index is 11.4. The van der Waals surface area contributed by atoms with E-state index in [4.69, 9.17) is 16.0 Å². The molecular weight excluding hydrogens is 278 g/mol. The van der Waals surface area contributed by atoms with Gasteiger partial charge in [0.2, 0.25) is 0 Å². The number of carboxylic acid groups (broad SMARTS) is 1. The Labute approximate surface area is 121 Å². The van der Waals surface area contributed by atoms with Crippen molar-refractivity contribution in [1.29, 1.82) is 0 Å². The Morgan fingerprint density at radius 3 is 2.80 bits per heavy atom. The van der Waals surface area contributed by atoms with E-state index in [1.54, 1.807) is 18.4 Å². The van der Waals surface area contributed by atoms with Crippen molar-refractivity contribution in [2.24, 2.45) is 0 Å². The van der Waals surface area contributed by atoms with Crippen molar-refractivity contribution >= 4 is 23.3 Å². The summed E-state index contributed by atoms with van der Waals surface area (Å²) in [4.78, 5) is 13.5. The summed E-state index contributed by atoms with van der Waals surface area (Å²) in [5, 5.41) is 9.79. The molecule has 0 atom stereocenters. The molecule has 1 aromatic heterocycles. The minimum atomic E-state index is -0.965. The molecule has 0 bridgehead atoms. The van der Waals surface area contributed by atoms with E-state index in [1.807, 2.05) is 12.1 Å². The van der Waals surface area contributed by atoms with Crippen LogP contribution in [-0.2, 0) is 6.54 Å². The van der Waals surface area contributed by atoms with Gasteiger partial charge in [-0.15, -0.1) is 0 Å². The summed E-state index contributed by atoms with van der Waals surface area (Å²) in [7, 11) is 0. The van der Waals surface area contributed by atoms with Gasteiger partial charge in [-0.3, -0.25) is 0 Å². The second-order valence-electron chi connectivity index (χ2n) is 4.91. The first-order chi connectivity index (χ1) is 9.65. The molecule has 0 saturated heterocycles.